The summed E-state index contributed by atoms with van der Waals surface area (Å²) in [5.74, 6) is -0.0229. The molecule has 1 rings (SSSR count). The standard InChI is InChI=1S/C10H13NO3S/c1-11(2)10(14)15-8-4-3-7(6-12)9(13)5-8/h5-6,13H,3-4H2,1-2H3. The van der Waals surface area contributed by atoms with Gasteiger partial charge >= 0.3 is 0 Å². The molecule has 5 heteroatoms. The van der Waals surface area contributed by atoms with Crippen LogP contribution in [-0.4, -0.2) is 35.6 Å². The zero-order valence-electron chi connectivity index (χ0n) is 8.69. The molecule has 0 aliphatic heterocycles. The summed E-state index contributed by atoms with van der Waals surface area (Å²) in [5.41, 5.74) is 0.400. The monoisotopic (exact) mass is 227 g/mol. The number of aliphatic hydroxyl groups is 1. The van der Waals surface area contributed by atoms with Crippen LogP contribution in [0.5, 0.6) is 0 Å². The van der Waals surface area contributed by atoms with E-state index >= 15 is 0 Å². The molecular formula is C10H13NO3S. The average molecular weight is 227 g/mol. The molecule has 1 aliphatic carbocycles. The maximum Gasteiger partial charge on any atom is 0.285 e. The van der Waals surface area contributed by atoms with Crippen molar-refractivity contribution in [3.05, 3.63) is 22.3 Å². The van der Waals surface area contributed by atoms with E-state index in [1.807, 2.05) is 0 Å². The van der Waals surface area contributed by atoms with Crippen molar-refractivity contribution in [2.75, 3.05) is 14.1 Å². The highest BCUT2D eigenvalue weighted by Crippen LogP contribution is 2.30. The number of aliphatic hydroxyl groups excluding tert-OH is 1. The summed E-state index contributed by atoms with van der Waals surface area (Å²) >= 11 is 1.08. The van der Waals surface area contributed by atoms with Crippen molar-refractivity contribution >= 4 is 23.3 Å². The molecule has 1 N–H and O–H groups in total. The van der Waals surface area contributed by atoms with Crippen LogP contribution in [0.3, 0.4) is 0 Å². The van der Waals surface area contributed by atoms with Crippen LogP contribution < -0.4 is 0 Å². The Labute approximate surface area is 92.6 Å². The van der Waals surface area contributed by atoms with Gasteiger partial charge in [-0.1, -0.05) is 0 Å². The topological polar surface area (TPSA) is 57.6 Å². The zero-order chi connectivity index (χ0) is 11.4. The average Bonchev–Trinajstić information content (AvgIpc) is 2.18. The third-order valence-electron chi connectivity index (χ3n) is 1.99. The van der Waals surface area contributed by atoms with Crippen LogP contribution in [0.1, 0.15) is 12.8 Å². The van der Waals surface area contributed by atoms with Gasteiger partial charge in [0, 0.05) is 19.7 Å². The summed E-state index contributed by atoms with van der Waals surface area (Å²) in [4.78, 5) is 24.1. The fourth-order valence-corrected chi connectivity index (χ4v) is 1.89. The fraction of sp³-hybridized carbons (Fsp3) is 0.400. The second-order valence-corrected chi connectivity index (χ2v) is 4.48. The van der Waals surface area contributed by atoms with Crippen molar-refractivity contribution in [1.82, 2.24) is 4.90 Å². The molecule has 4 nitrogen and oxygen atoms in total. The summed E-state index contributed by atoms with van der Waals surface area (Å²) in [5, 5.41) is 9.34. The lowest BCUT2D eigenvalue weighted by Gasteiger charge is -2.15. The van der Waals surface area contributed by atoms with Crippen molar-refractivity contribution in [2.24, 2.45) is 0 Å². The molecule has 82 valence electrons. The Morgan fingerprint density at radius 2 is 2.20 bits per heavy atom. The number of aldehydes is 1. The molecule has 0 saturated carbocycles. The van der Waals surface area contributed by atoms with E-state index < -0.39 is 0 Å². The van der Waals surface area contributed by atoms with Gasteiger partial charge in [-0.2, -0.15) is 0 Å². The number of carbonyl (C=O) groups excluding carboxylic acids is 2. The van der Waals surface area contributed by atoms with E-state index in [1.165, 1.54) is 11.0 Å². The number of carbonyl (C=O) groups is 2. The van der Waals surface area contributed by atoms with Crippen molar-refractivity contribution in [3.63, 3.8) is 0 Å². The summed E-state index contributed by atoms with van der Waals surface area (Å²) in [6, 6.07) is 0. The molecule has 0 unspecified atom stereocenters. The molecule has 1 amide bonds. The predicted molar refractivity (Wildman–Crippen MR) is 59.7 cm³/mol. The number of nitrogens with zero attached hydrogens (tertiary/aromatic N) is 1. The first-order chi connectivity index (χ1) is 7.04. The third kappa shape index (κ3) is 3.13. The van der Waals surface area contributed by atoms with Gasteiger partial charge in [0.1, 0.15) is 12.0 Å². The summed E-state index contributed by atoms with van der Waals surface area (Å²) < 4.78 is 0. The highest BCUT2D eigenvalue weighted by atomic mass is 32.2. The van der Waals surface area contributed by atoms with Gasteiger partial charge in [0.05, 0.1) is 0 Å². The lowest BCUT2D eigenvalue weighted by molar-refractivity contribution is -0.105. The zero-order valence-corrected chi connectivity index (χ0v) is 9.50. The molecule has 0 spiro atoms. The van der Waals surface area contributed by atoms with Gasteiger partial charge in [-0.05, 0) is 35.6 Å². The van der Waals surface area contributed by atoms with Crippen molar-refractivity contribution in [2.45, 2.75) is 12.8 Å². The number of hydrogen-bond acceptors (Lipinski definition) is 4. The maximum absolute atomic E-state index is 11.3. The van der Waals surface area contributed by atoms with E-state index in [9.17, 15) is 14.7 Å². The minimum Gasteiger partial charge on any atom is -0.508 e. The molecule has 1 aliphatic rings. The van der Waals surface area contributed by atoms with Crippen LogP contribution in [0.2, 0.25) is 0 Å². The molecule has 0 fully saturated rings. The van der Waals surface area contributed by atoms with Crippen LogP contribution in [0.15, 0.2) is 22.3 Å². The lowest BCUT2D eigenvalue weighted by Crippen LogP contribution is -2.16. The minimum absolute atomic E-state index is 0.0229. The maximum atomic E-state index is 11.3. The van der Waals surface area contributed by atoms with Crippen LogP contribution >= 0.6 is 11.8 Å². The second kappa shape index (κ2) is 5.02. The summed E-state index contributed by atoms with van der Waals surface area (Å²) in [7, 11) is 3.34. The number of allylic oxidation sites excluding steroid dienone is 3. The van der Waals surface area contributed by atoms with E-state index in [2.05, 4.69) is 0 Å². The molecule has 0 heterocycles. The van der Waals surface area contributed by atoms with Gasteiger partial charge in [-0.3, -0.25) is 9.59 Å². The molecule has 0 radical (unpaired) electrons. The highest BCUT2D eigenvalue weighted by molar-refractivity contribution is 8.16. The van der Waals surface area contributed by atoms with E-state index in [-0.39, 0.29) is 11.0 Å². The molecule has 15 heavy (non-hydrogen) atoms. The molecular weight excluding hydrogens is 214 g/mol. The lowest BCUT2D eigenvalue weighted by atomic mass is 10.1. The Kier molecular flexibility index (Phi) is 3.96. The van der Waals surface area contributed by atoms with Gasteiger partial charge < -0.3 is 10.0 Å². The van der Waals surface area contributed by atoms with Crippen LogP contribution in [-0.2, 0) is 4.79 Å². The Bertz CT molecular complexity index is 345. The second-order valence-electron chi connectivity index (χ2n) is 3.40. The number of hydrogen-bond donors (Lipinski definition) is 1. The normalized spacial score (nSPS) is 16.0. The highest BCUT2D eigenvalue weighted by Gasteiger charge is 2.16. The Morgan fingerprint density at radius 1 is 1.53 bits per heavy atom. The smallest absolute Gasteiger partial charge is 0.285 e. The largest absolute Gasteiger partial charge is 0.508 e. The Morgan fingerprint density at radius 3 is 2.67 bits per heavy atom. The Hall–Kier alpha value is -1.23. The number of rotatable bonds is 2. The summed E-state index contributed by atoms with van der Waals surface area (Å²) in [6.45, 7) is 0. The quantitative estimate of drug-likeness (QED) is 0.734. The van der Waals surface area contributed by atoms with Gasteiger partial charge in [-0.15, -0.1) is 0 Å². The minimum atomic E-state index is -0.0800. The van der Waals surface area contributed by atoms with Crippen LogP contribution in [0.4, 0.5) is 4.79 Å². The first-order valence-electron chi connectivity index (χ1n) is 4.51. The van der Waals surface area contributed by atoms with Gasteiger partial charge in [-0.25, -0.2) is 0 Å². The number of amides is 1. The van der Waals surface area contributed by atoms with Crippen LogP contribution in [0, 0.1) is 0 Å². The fourth-order valence-electron chi connectivity index (χ4n) is 1.11. The van der Waals surface area contributed by atoms with Crippen molar-refractivity contribution in [3.8, 4) is 0 Å². The van der Waals surface area contributed by atoms with E-state index in [1.54, 1.807) is 14.1 Å². The van der Waals surface area contributed by atoms with Crippen molar-refractivity contribution in [1.29, 1.82) is 0 Å². The summed E-state index contributed by atoms with van der Waals surface area (Å²) in [6.07, 6.45) is 3.26. The molecule has 0 saturated heterocycles. The number of thioether (sulfide) groups is 1. The van der Waals surface area contributed by atoms with E-state index in [0.29, 0.717) is 24.7 Å². The van der Waals surface area contributed by atoms with Gasteiger partial charge in [0.25, 0.3) is 5.24 Å². The first-order valence-corrected chi connectivity index (χ1v) is 5.33. The molecule has 0 atom stereocenters. The predicted octanol–water partition coefficient (Wildman–Crippen LogP) is 2.09. The van der Waals surface area contributed by atoms with Gasteiger partial charge in [0.2, 0.25) is 0 Å². The first kappa shape index (κ1) is 11.8. The third-order valence-corrected chi connectivity index (χ3v) is 3.12. The van der Waals surface area contributed by atoms with E-state index in [4.69, 9.17) is 0 Å². The van der Waals surface area contributed by atoms with Crippen molar-refractivity contribution < 1.29 is 14.7 Å². The molecule has 0 bridgehead atoms. The van der Waals surface area contributed by atoms with Gasteiger partial charge in [0.15, 0.2) is 0 Å². The van der Waals surface area contributed by atoms with E-state index in [0.717, 1.165) is 16.7 Å². The Balaban J connectivity index is 2.71. The molecule has 0 aromatic heterocycles. The SMILES string of the molecule is CN(C)C(=O)SC1=CC(O)=C(C=O)CC1. The molecule has 0 aromatic rings. The van der Waals surface area contributed by atoms with Crippen LogP contribution in [0.25, 0.3) is 0 Å². The molecule has 0 aromatic carbocycles.